The van der Waals surface area contributed by atoms with Crippen LogP contribution in [0.2, 0.25) is 0 Å². The van der Waals surface area contributed by atoms with Crippen molar-refractivity contribution in [3.63, 3.8) is 0 Å². The average Bonchev–Trinajstić information content (AvgIpc) is 2.85. The molecule has 5 nitrogen and oxygen atoms in total. The van der Waals surface area contributed by atoms with E-state index in [1.165, 1.54) is 0 Å². The summed E-state index contributed by atoms with van der Waals surface area (Å²) in [7, 11) is 0. The summed E-state index contributed by atoms with van der Waals surface area (Å²) in [6.07, 6.45) is 6.33. The zero-order valence-electron chi connectivity index (χ0n) is 19.2. The summed E-state index contributed by atoms with van der Waals surface area (Å²) in [5.41, 5.74) is 5.85. The minimum absolute atomic E-state index is 0.151. The van der Waals surface area contributed by atoms with Gasteiger partial charge in [0.2, 0.25) is 0 Å². The number of phenols is 1. The number of aryl methyl sites for hydroxylation is 1. The Balaban J connectivity index is 1.60. The third-order valence-electron chi connectivity index (χ3n) is 6.48. The molecular formula is C29H28N2O3. The number of carboxylic acid groups (broad SMARTS) is 1. The molecule has 3 aromatic rings. The summed E-state index contributed by atoms with van der Waals surface area (Å²) in [6, 6.07) is 21.1. The van der Waals surface area contributed by atoms with Crippen molar-refractivity contribution < 1.29 is 15.0 Å². The minimum Gasteiger partial charge on any atom is -0.508 e. The quantitative estimate of drug-likeness (QED) is 0.458. The number of rotatable bonds is 6. The second kappa shape index (κ2) is 10.4. The van der Waals surface area contributed by atoms with Crippen molar-refractivity contribution >= 4 is 18.1 Å². The lowest BCUT2D eigenvalue weighted by atomic mass is 9.95. The predicted molar refractivity (Wildman–Crippen MR) is 134 cm³/mol. The van der Waals surface area contributed by atoms with Crippen molar-refractivity contribution in [2.24, 2.45) is 0 Å². The number of nitriles is 1. The van der Waals surface area contributed by atoms with Gasteiger partial charge in [-0.1, -0.05) is 73.2 Å². The number of piperidine rings is 1. The molecule has 172 valence electrons. The molecule has 4 rings (SSSR count). The molecule has 1 atom stereocenters. The van der Waals surface area contributed by atoms with Crippen LogP contribution in [0.4, 0.5) is 0 Å². The zero-order valence-corrected chi connectivity index (χ0v) is 19.2. The van der Waals surface area contributed by atoms with Gasteiger partial charge in [0.05, 0.1) is 5.56 Å². The van der Waals surface area contributed by atoms with E-state index in [4.69, 9.17) is 0 Å². The highest BCUT2D eigenvalue weighted by Crippen LogP contribution is 2.30. The maximum Gasteiger partial charge on any atom is 0.320 e. The molecule has 0 saturated carbocycles. The number of aliphatic carboxylic acids is 1. The van der Waals surface area contributed by atoms with Crippen LogP contribution in [0.15, 0.2) is 60.7 Å². The second-order valence-corrected chi connectivity index (χ2v) is 8.74. The number of carboxylic acids is 1. The Kier molecular flexibility index (Phi) is 7.10. The summed E-state index contributed by atoms with van der Waals surface area (Å²) in [4.78, 5) is 13.5. The summed E-state index contributed by atoms with van der Waals surface area (Å²) in [5, 5.41) is 30.1. The summed E-state index contributed by atoms with van der Waals surface area (Å²) in [5.74, 6) is -0.653. The topological polar surface area (TPSA) is 84.6 Å². The molecule has 0 amide bonds. The molecule has 5 heteroatoms. The van der Waals surface area contributed by atoms with Gasteiger partial charge in [-0.15, -0.1) is 0 Å². The van der Waals surface area contributed by atoms with E-state index in [0.29, 0.717) is 25.1 Å². The van der Waals surface area contributed by atoms with Gasteiger partial charge in [-0.25, -0.2) is 0 Å². The molecule has 2 N–H and O–H groups in total. The fourth-order valence-corrected chi connectivity index (χ4v) is 4.63. The van der Waals surface area contributed by atoms with Crippen molar-refractivity contribution in [1.29, 1.82) is 5.26 Å². The molecule has 3 aromatic carbocycles. The number of likely N-dealkylation sites (tertiary alicyclic amines) is 1. The van der Waals surface area contributed by atoms with Crippen LogP contribution in [0.5, 0.6) is 5.75 Å². The Morgan fingerprint density at radius 3 is 2.59 bits per heavy atom. The number of phenolic OH excluding ortho intramolecular Hbond substituents is 1. The smallest absolute Gasteiger partial charge is 0.320 e. The van der Waals surface area contributed by atoms with Gasteiger partial charge in [0.15, 0.2) is 0 Å². The van der Waals surface area contributed by atoms with E-state index in [1.54, 1.807) is 6.07 Å². The Morgan fingerprint density at radius 2 is 1.85 bits per heavy atom. The van der Waals surface area contributed by atoms with E-state index in [-0.39, 0.29) is 5.75 Å². The normalized spacial score (nSPS) is 16.4. The lowest BCUT2D eigenvalue weighted by Gasteiger charge is -2.33. The molecule has 1 aliphatic heterocycles. The highest BCUT2D eigenvalue weighted by molar-refractivity contribution is 5.81. The maximum atomic E-state index is 11.6. The van der Waals surface area contributed by atoms with Crippen molar-refractivity contribution in [3.05, 3.63) is 88.5 Å². The van der Waals surface area contributed by atoms with Gasteiger partial charge in [-0.2, -0.15) is 5.26 Å². The van der Waals surface area contributed by atoms with Gasteiger partial charge in [0.1, 0.15) is 17.9 Å². The summed E-state index contributed by atoms with van der Waals surface area (Å²) < 4.78 is 0. The Labute approximate surface area is 200 Å². The number of benzene rings is 3. The standard InChI is InChI=1S/C29H28N2O3/c1-20-16-24(19-31-15-6-5-12-27(31)29(33)34)28(32)17-23(20)14-13-22-10-7-11-25(26(22)18-30)21-8-3-2-4-9-21/h2-4,7-11,13-14,16-17,27,32H,5-6,12,15,19H2,1H3,(H,33,34). The molecule has 1 heterocycles. The van der Waals surface area contributed by atoms with Crippen molar-refractivity contribution in [2.45, 2.75) is 38.8 Å². The molecule has 34 heavy (non-hydrogen) atoms. The third-order valence-corrected chi connectivity index (χ3v) is 6.48. The molecule has 1 fully saturated rings. The van der Waals surface area contributed by atoms with Gasteiger partial charge in [-0.05, 0) is 54.6 Å². The number of carbonyl (C=O) groups is 1. The Bertz CT molecular complexity index is 1260. The molecular weight excluding hydrogens is 424 g/mol. The molecule has 0 spiro atoms. The highest BCUT2D eigenvalue weighted by Gasteiger charge is 2.28. The SMILES string of the molecule is Cc1cc(CN2CCCCC2C(=O)O)c(O)cc1C=Cc1cccc(-c2ccccc2)c1C#N. The zero-order chi connectivity index (χ0) is 24.1. The number of aromatic hydroxyl groups is 1. The monoisotopic (exact) mass is 452 g/mol. The van der Waals surface area contributed by atoms with Crippen molar-refractivity contribution in [3.8, 4) is 22.9 Å². The summed E-state index contributed by atoms with van der Waals surface area (Å²) in [6.45, 7) is 3.09. The fraction of sp³-hybridized carbons (Fsp3) is 0.241. The molecule has 0 radical (unpaired) electrons. The number of nitrogens with zero attached hydrogens (tertiary/aromatic N) is 2. The molecule has 1 unspecified atom stereocenters. The van der Waals surface area contributed by atoms with E-state index in [1.807, 2.05) is 78.6 Å². The van der Waals surface area contributed by atoms with Crippen molar-refractivity contribution in [1.82, 2.24) is 4.90 Å². The van der Waals surface area contributed by atoms with Crippen molar-refractivity contribution in [2.75, 3.05) is 6.54 Å². The van der Waals surface area contributed by atoms with E-state index in [0.717, 1.165) is 46.2 Å². The first-order valence-electron chi connectivity index (χ1n) is 11.5. The van der Waals surface area contributed by atoms with E-state index < -0.39 is 12.0 Å². The van der Waals surface area contributed by atoms with Gasteiger partial charge in [0.25, 0.3) is 0 Å². The first kappa shape index (κ1) is 23.3. The fourth-order valence-electron chi connectivity index (χ4n) is 4.63. The van der Waals surface area contributed by atoms with Gasteiger partial charge in [0, 0.05) is 17.7 Å². The first-order valence-corrected chi connectivity index (χ1v) is 11.5. The molecule has 1 aliphatic rings. The molecule has 0 aromatic heterocycles. The van der Waals surface area contributed by atoms with E-state index in [2.05, 4.69) is 6.07 Å². The van der Waals surface area contributed by atoms with Gasteiger partial charge in [-0.3, -0.25) is 9.69 Å². The van der Waals surface area contributed by atoms with Crippen LogP contribution in [0.3, 0.4) is 0 Å². The third kappa shape index (κ3) is 5.03. The first-order chi connectivity index (χ1) is 16.5. The van der Waals surface area contributed by atoms with Gasteiger partial charge >= 0.3 is 5.97 Å². The minimum atomic E-state index is -0.804. The van der Waals surface area contributed by atoms with Crippen LogP contribution in [0.25, 0.3) is 23.3 Å². The second-order valence-electron chi connectivity index (χ2n) is 8.74. The van der Waals surface area contributed by atoms with Crippen LogP contribution in [0.1, 0.15) is 47.1 Å². The lowest BCUT2D eigenvalue weighted by molar-refractivity contribution is -0.144. The van der Waals surface area contributed by atoms with Crippen LogP contribution in [-0.2, 0) is 11.3 Å². The average molecular weight is 453 g/mol. The Morgan fingerprint density at radius 1 is 1.09 bits per heavy atom. The van der Waals surface area contributed by atoms with Crippen LogP contribution in [0, 0.1) is 18.3 Å². The Hall–Kier alpha value is -3.88. The van der Waals surface area contributed by atoms with Crippen LogP contribution < -0.4 is 0 Å². The van der Waals surface area contributed by atoms with Crippen LogP contribution in [-0.4, -0.2) is 33.7 Å². The molecule has 0 aliphatic carbocycles. The number of hydrogen-bond acceptors (Lipinski definition) is 4. The molecule has 1 saturated heterocycles. The van der Waals surface area contributed by atoms with Crippen LogP contribution >= 0.6 is 0 Å². The van der Waals surface area contributed by atoms with Gasteiger partial charge < -0.3 is 10.2 Å². The maximum absolute atomic E-state index is 11.6. The summed E-state index contributed by atoms with van der Waals surface area (Å²) >= 11 is 0. The molecule has 0 bridgehead atoms. The largest absolute Gasteiger partial charge is 0.508 e. The van der Waals surface area contributed by atoms with E-state index in [9.17, 15) is 20.3 Å². The number of hydrogen-bond donors (Lipinski definition) is 2. The highest BCUT2D eigenvalue weighted by atomic mass is 16.4. The lowest BCUT2D eigenvalue weighted by Crippen LogP contribution is -2.44. The predicted octanol–water partition coefficient (Wildman–Crippen LogP) is 5.85. The van der Waals surface area contributed by atoms with E-state index >= 15 is 0 Å².